The number of fused-ring (bicyclic) bond motifs is 1. The van der Waals surface area contributed by atoms with Gasteiger partial charge in [-0.05, 0) is 42.8 Å². The Labute approximate surface area is 204 Å². The molecule has 6 nitrogen and oxygen atoms in total. The molecule has 1 amide bonds. The lowest BCUT2D eigenvalue weighted by Crippen LogP contribution is -2.23. The maximum Gasteiger partial charge on any atom is 0.262 e. The number of hydrogen-bond acceptors (Lipinski definition) is 6. The second kappa shape index (κ2) is 9.91. The molecule has 0 aliphatic heterocycles. The van der Waals surface area contributed by atoms with E-state index in [0.29, 0.717) is 38.5 Å². The lowest BCUT2D eigenvalue weighted by molar-refractivity contribution is -0.115. The molecular weight excluding hydrogens is 476 g/mol. The number of thiazole rings is 1. The van der Waals surface area contributed by atoms with Crippen molar-refractivity contribution >= 4 is 62.3 Å². The van der Waals surface area contributed by atoms with Crippen molar-refractivity contribution in [2.45, 2.75) is 31.3 Å². The Kier molecular flexibility index (Phi) is 6.97. The summed E-state index contributed by atoms with van der Waals surface area (Å²) in [5.41, 5.74) is 3.05. The van der Waals surface area contributed by atoms with Crippen molar-refractivity contribution in [3.8, 4) is 0 Å². The van der Waals surface area contributed by atoms with Gasteiger partial charge in [0.25, 0.3) is 5.56 Å². The number of thioether (sulfide) groups is 1. The van der Waals surface area contributed by atoms with Crippen LogP contribution in [0.2, 0.25) is 5.02 Å². The van der Waals surface area contributed by atoms with E-state index in [2.05, 4.69) is 16.5 Å². The van der Waals surface area contributed by atoms with Crippen LogP contribution in [0.4, 0.5) is 10.8 Å². The molecule has 0 radical (unpaired) electrons. The summed E-state index contributed by atoms with van der Waals surface area (Å²) in [4.78, 5) is 36.3. The number of rotatable bonds is 7. The van der Waals surface area contributed by atoms with Crippen LogP contribution < -0.4 is 10.5 Å². The second-order valence-corrected chi connectivity index (χ2v) is 9.58. The van der Waals surface area contributed by atoms with E-state index < -0.39 is 0 Å². The quantitative estimate of drug-likeness (QED) is 0.179. The van der Waals surface area contributed by atoms with Crippen LogP contribution in [0.25, 0.3) is 10.9 Å². The van der Waals surface area contributed by atoms with Crippen LogP contribution in [-0.2, 0) is 17.1 Å². The smallest absolute Gasteiger partial charge is 0.262 e. The first-order valence-corrected chi connectivity index (χ1v) is 12.4. The van der Waals surface area contributed by atoms with Gasteiger partial charge in [-0.1, -0.05) is 41.6 Å². The molecule has 0 fully saturated rings. The van der Waals surface area contributed by atoms with Crippen molar-refractivity contribution < 1.29 is 4.79 Å². The van der Waals surface area contributed by atoms with Gasteiger partial charge >= 0.3 is 0 Å². The number of halogens is 1. The molecule has 2 aromatic heterocycles. The fourth-order valence-electron chi connectivity index (χ4n) is 3.37. The highest BCUT2D eigenvalue weighted by molar-refractivity contribution is 7.98. The molecule has 0 unspecified atom stereocenters. The minimum Gasteiger partial charge on any atom is -0.283 e. The van der Waals surface area contributed by atoms with Crippen molar-refractivity contribution in [3.05, 3.63) is 87.1 Å². The molecule has 0 saturated carbocycles. The molecule has 2 aromatic carbocycles. The van der Waals surface area contributed by atoms with Gasteiger partial charge in [0.05, 0.1) is 22.3 Å². The zero-order valence-electron chi connectivity index (χ0n) is 18.1. The SMILES string of the molecule is C=CCn1c(SCc2csc(N(C(C)=O)c3cccc(C)c3)n2)nc2cc(Cl)ccc2c1=O. The average molecular weight is 497 g/mol. The van der Waals surface area contributed by atoms with Crippen molar-refractivity contribution in [3.63, 3.8) is 0 Å². The van der Waals surface area contributed by atoms with Crippen molar-refractivity contribution in [2.75, 3.05) is 4.90 Å². The average Bonchev–Trinajstić information content (AvgIpc) is 3.22. The number of hydrogen-bond donors (Lipinski definition) is 0. The van der Waals surface area contributed by atoms with Crippen LogP contribution in [0.1, 0.15) is 18.2 Å². The number of anilines is 2. The van der Waals surface area contributed by atoms with E-state index >= 15 is 0 Å². The Bertz CT molecular complexity index is 1410. The molecular formula is C24H21ClN4O2S2. The van der Waals surface area contributed by atoms with Gasteiger partial charge in [-0.25, -0.2) is 9.97 Å². The van der Waals surface area contributed by atoms with Crippen LogP contribution in [0.3, 0.4) is 0 Å². The number of benzene rings is 2. The van der Waals surface area contributed by atoms with Crippen LogP contribution in [0, 0.1) is 6.92 Å². The molecule has 168 valence electrons. The molecule has 0 N–H and O–H groups in total. The monoisotopic (exact) mass is 496 g/mol. The lowest BCUT2D eigenvalue weighted by atomic mass is 10.2. The number of aromatic nitrogens is 3. The van der Waals surface area contributed by atoms with E-state index in [1.807, 2.05) is 36.6 Å². The van der Waals surface area contributed by atoms with Crippen molar-refractivity contribution in [1.82, 2.24) is 14.5 Å². The number of allylic oxidation sites excluding steroid dienone is 1. The third-order valence-electron chi connectivity index (χ3n) is 4.85. The molecule has 4 rings (SSSR count). The maximum absolute atomic E-state index is 13.0. The molecule has 9 heteroatoms. The van der Waals surface area contributed by atoms with E-state index in [9.17, 15) is 9.59 Å². The standard InChI is InChI=1S/C24H21ClN4O2S2/c1-4-10-28-22(31)20-9-8-17(25)12-21(20)27-23(28)32-13-18-14-33-24(26-18)29(16(3)30)19-7-5-6-15(2)11-19/h4-9,11-12,14H,1,10,13H2,2-3H3. The fraction of sp³-hybridized carbons (Fsp3) is 0.167. The van der Waals surface area contributed by atoms with Crippen LogP contribution in [-0.4, -0.2) is 20.4 Å². The summed E-state index contributed by atoms with van der Waals surface area (Å²) in [5.74, 6) is 0.383. The van der Waals surface area contributed by atoms with Crippen LogP contribution in [0.15, 0.2) is 70.5 Å². The number of aryl methyl sites for hydroxylation is 1. The topological polar surface area (TPSA) is 68.1 Å². The van der Waals surface area contributed by atoms with Gasteiger partial charge in [-0.15, -0.1) is 17.9 Å². The van der Waals surface area contributed by atoms with Gasteiger partial charge in [0, 0.05) is 29.6 Å². The van der Waals surface area contributed by atoms with Crippen molar-refractivity contribution in [2.24, 2.45) is 0 Å². The Hall–Kier alpha value is -2.94. The Morgan fingerprint density at radius 2 is 2.09 bits per heavy atom. The van der Waals surface area contributed by atoms with E-state index in [-0.39, 0.29) is 11.5 Å². The Morgan fingerprint density at radius 1 is 1.27 bits per heavy atom. The lowest BCUT2D eigenvalue weighted by Gasteiger charge is -2.18. The van der Waals surface area contributed by atoms with Gasteiger partial charge in [0.15, 0.2) is 10.3 Å². The number of amides is 1. The molecule has 0 aliphatic rings. The third-order valence-corrected chi connectivity index (χ3v) is 6.97. The summed E-state index contributed by atoms with van der Waals surface area (Å²) in [5, 5.41) is 4.12. The predicted octanol–water partition coefficient (Wildman–Crippen LogP) is 5.98. The first kappa shape index (κ1) is 23.2. The van der Waals surface area contributed by atoms with E-state index in [1.165, 1.54) is 30.0 Å². The summed E-state index contributed by atoms with van der Waals surface area (Å²) in [6, 6.07) is 12.8. The minimum absolute atomic E-state index is 0.109. The highest BCUT2D eigenvalue weighted by Crippen LogP contribution is 2.31. The molecule has 0 saturated heterocycles. The zero-order chi connectivity index (χ0) is 23.5. The highest BCUT2D eigenvalue weighted by Gasteiger charge is 2.19. The van der Waals surface area contributed by atoms with Crippen LogP contribution >= 0.6 is 34.7 Å². The van der Waals surface area contributed by atoms with Gasteiger partial charge < -0.3 is 0 Å². The molecule has 2 heterocycles. The Balaban J connectivity index is 1.63. The van der Waals surface area contributed by atoms with Crippen LogP contribution in [0.5, 0.6) is 0 Å². The van der Waals surface area contributed by atoms with E-state index in [1.54, 1.807) is 33.7 Å². The van der Waals surface area contributed by atoms with Crippen molar-refractivity contribution in [1.29, 1.82) is 0 Å². The predicted molar refractivity (Wildman–Crippen MR) is 137 cm³/mol. The number of carbonyl (C=O) groups is 1. The number of carbonyl (C=O) groups excluding carboxylic acids is 1. The molecule has 0 spiro atoms. The fourth-order valence-corrected chi connectivity index (χ4v) is 5.43. The van der Waals surface area contributed by atoms with E-state index in [4.69, 9.17) is 11.6 Å². The number of nitrogens with zero attached hydrogens (tertiary/aromatic N) is 4. The third kappa shape index (κ3) is 5.03. The first-order chi connectivity index (χ1) is 15.9. The minimum atomic E-state index is -0.139. The summed E-state index contributed by atoms with van der Waals surface area (Å²) >= 11 is 8.91. The normalized spacial score (nSPS) is 11.0. The van der Waals surface area contributed by atoms with Gasteiger partial charge in [-0.3, -0.25) is 19.1 Å². The second-order valence-electron chi connectivity index (χ2n) is 7.36. The molecule has 33 heavy (non-hydrogen) atoms. The maximum atomic E-state index is 13.0. The van der Waals surface area contributed by atoms with Gasteiger partial charge in [0.1, 0.15) is 0 Å². The summed E-state index contributed by atoms with van der Waals surface area (Å²) in [6.07, 6.45) is 1.67. The highest BCUT2D eigenvalue weighted by atomic mass is 35.5. The summed E-state index contributed by atoms with van der Waals surface area (Å²) in [7, 11) is 0. The molecule has 0 bridgehead atoms. The van der Waals surface area contributed by atoms with Gasteiger partial charge in [-0.2, -0.15) is 0 Å². The molecule has 4 aromatic rings. The summed E-state index contributed by atoms with van der Waals surface area (Å²) < 4.78 is 1.59. The van der Waals surface area contributed by atoms with Gasteiger partial charge in [0.2, 0.25) is 5.91 Å². The molecule has 0 atom stereocenters. The largest absolute Gasteiger partial charge is 0.283 e. The zero-order valence-corrected chi connectivity index (χ0v) is 20.5. The van der Waals surface area contributed by atoms with E-state index in [0.717, 1.165) is 16.9 Å². The first-order valence-electron chi connectivity index (χ1n) is 10.1. The molecule has 0 aliphatic carbocycles. The Morgan fingerprint density at radius 3 is 2.82 bits per heavy atom. The summed E-state index contributed by atoms with van der Waals surface area (Å²) in [6.45, 7) is 7.62.